The average molecular weight is 408 g/mol. The van der Waals surface area contributed by atoms with Crippen molar-refractivity contribution in [1.82, 2.24) is 4.31 Å². The molecule has 0 radical (unpaired) electrons. The monoisotopic (exact) mass is 407 g/mol. The second-order valence-electron chi connectivity index (χ2n) is 8.04. The number of carbonyl (C=O) groups is 1. The molecule has 0 aliphatic carbocycles. The highest BCUT2D eigenvalue weighted by Crippen LogP contribution is 2.25. The van der Waals surface area contributed by atoms with Crippen LogP contribution in [0.15, 0.2) is 29.2 Å². The van der Waals surface area contributed by atoms with Gasteiger partial charge in [-0.3, -0.25) is 0 Å². The lowest BCUT2D eigenvalue weighted by Gasteiger charge is -2.20. The molecule has 0 saturated carbocycles. The Hall–Kier alpha value is -1.20. The van der Waals surface area contributed by atoms with Gasteiger partial charge in [-0.15, -0.1) is 0 Å². The maximum absolute atomic E-state index is 12.7. The third-order valence-electron chi connectivity index (χ3n) is 5.75. The number of hydrogen-bond acceptors (Lipinski definition) is 3. The van der Waals surface area contributed by atoms with E-state index in [9.17, 15) is 13.2 Å². The van der Waals surface area contributed by atoms with Crippen LogP contribution in [0.25, 0.3) is 0 Å². The summed E-state index contributed by atoms with van der Waals surface area (Å²) in [6, 6.07) is 6.73. The first-order valence-electron chi connectivity index (χ1n) is 11.2. The molecule has 1 fully saturated rings. The molecule has 2 rings (SSSR count). The quantitative estimate of drug-likeness (QED) is 0.302. The first kappa shape index (κ1) is 23.1. The fraction of sp³-hybridized carbons (Fsp3) is 0.696. The lowest BCUT2D eigenvalue weighted by atomic mass is 10.0. The zero-order valence-electron chi connectivity index (χ0n) is 17.4. The van der Waals surface area contributed by atoms with Gasteiger partial charge in [0.2, 0.25) is 10.0 Å². The number of hydrogen-bond donors (Lipinski definition) is 0. The molecule has 5 heteroatoms. The molecule has 0 bridgehead atoms. The van der Waals surface area contributed by atoms with Crippen molar-refractivity contribution in [2.24, 2.45) is 0 Å². The lowest BCUT2D eigenvalue weighted by Crippen LogP contribution is -2.36. The Bertz CT molecular complexity index is 670. The SMILES string of the molecule is CCCCCCCCCCCCc1ccc(S(=O)(=O)N2CCCC2C=O)cc1. The van der Waals surface area contributed by atoms with Gasteiger partial charge < -0.3 is 4.79 Å². The number of aldehydes is 1. The average Bonchev–Trinajstić information content (AvgIpc) is 3.19. The third-order valence-corrected chi connectivity index (χ3v) is 7.69. The van der Waals surface area contributed by atoms with Gasteiger partial charge in [-0.1, -0.05) is 76.8 Å². The van der Waals surface area contributed by atoms with Gasteiger partial charge in [0.1, 0.15) is 6.29 Å². The summed E-state index contributed by atoms with van der Waals surface area (Å²) in [6.07, 6.45) is 16.3. The van der Waals surface area contributed by atoms with E-state index in [0.29, 0.717) is 17.9 Å². The molecule has 28 heavy (non-hydrogen) atoms. The molecule has 1 atom stereocenters. The van der Waals surface area contributed by atoms with E-state index in [1.54, 1.807) is 12.1 Å². The van der Waals surface area contributed by atoms with E-state index in [-0.39, 0.29) is 0 Å². The molecule has 1 aromatic carbocycles. The van der Waals surface area contributed by atoms with Crippen LogP contribution >= 0.6 is 0 Å². The number of unbranched alkanes of at least 4 members (excludes halogenated alkanes) is 9. The second-order valence-corrected chi connectivity index (χ2v) is 9.93. The summed E-state index contributed by atoms with van der Waals surface area (Å²) in [5.41, 5.74) is 1.19. The summed E-state index contributed by atoms with van der Waals surface area (Å²) >= 11 is 0. The molecule has 1 aromatic rings. The fourth-order valence-electron chi connectivity index (χ4n) is 3.98. The van der Waals surface area contributed by atoms with Gasteiger partial charge >= 0.3 is 0 Å². The van der Waals surface area contributed by atoms with E-state index in [0.717, 1.165) is 25.5 Å². The molecule has 158 valence electrons. The molecule has 0 N–H and O–H groups in total. The van der Waals surface area contributed by atoms with Gasteiger partial charge in [0.25, 0.3) is 0 Å². The first-order chi connectivity index (χ1) is 13.6. The maximum Gasteiger partial charge on any atom is 0.243 e. The molecule has 0 aromatic heterocycles. The van der Waals surface area contributed by atoms with Gasteiger partial charge in [-0.2, -0.15) is 4.31 Å². The van der Waals surface area contributed by atoms with E-state index in [1.165, 1.54) is 67.7 Å². The first-order valence-corrected chi connectivity index (χ1v) is 12.6. The zero-order chi connectivity index (χ0) is 20.2. The summed E-state index contributed by atoms with van der Waals surface area (Å²) in [7, 11) is -3.56. The molecule has 0 spiro atoms. The molecule has 4 nitrogen and oxygen atoms in total. The Labute approximate surface area is 171 Å². The highest BCUT2D eigenvalue weighted by atomic mass is 32.2. The Morgan fingerprint density at radius 3 is 2.07 bits per heavy atom. The zero-order valence-corrected chi connectivity index (χ0v) is 18.3. The number of sulfonamides is 1. The van der Waals surface area contributed by atoms with Crippen molar-refractivity contribution in [3.63, 3.8) is 0 Å². The molecule has 0 amide bonds. The predicted octanol–water partition coefficient (Wildman–Crippen LogP) is 5.50. The van der Waals surface area contributed by atoms with Gasteiger partial charge in [0.15, 0.2) is 0 Å². The highest BCUT2D eigenvalue weighted by molar-refractivity contribution is 7.89. The van der Waals surface area contributed by atoms with Crippen LogP contribution in [-0.4, -0.2) is 31.6 Å². The maximum atomic E-state index is 12.7. The van der Waals surface area contributed by atoms with Gasteiger partial charge in [-0.05, 0) is 43.4 Å². The molecular weight excluding hydrogens is 370 g/mol. The summed E-state index contributed by atoms with van der Waals surface area (Å²) in [4.78, 5) is 11.4. The van der Waals surface area contributed by atoms with Gasteiger partial charge in [0.05, 0.1) is 10.9 Å². The summed E-state index contributed by atoms with van der Waals surface area (Å²) < 4.78 is 26.8. The van der Waals surface area contributed by atoms with Crippen LogP contribution in [0.2, 0.25) is 0 Å². The smallest absolute Gasteiger partial charge is 0.243 e. The number of nitrogens with zero attached hydrogens (tertiary/aromatic N) is 1. The number of benzene rings is 1. The number of carbonyl (C=O) groups excluding carboxylic acids is 1. The standard InChI is InChI=1S/C23H37NO3S/c1-2-3-4-5-6-7-8-9-10-11-13-21-15-17-23(18-16-21)28(26,27)24-19-12-14-22(24)20-25/h15-18,20,22H,2-14,19H2,1H3. The molecule has 1 aliphatic heterocycles. The van der Waals surface area contributed by atoms with Crippen LogP contribution in [0.1, 0.15) is 89.5 Å². The normalized spacial score (nSPS) is 17.8. The van der Waals surface area contributed by atoms with E-state index in [4.69, 9.17) is 0 Å². The van der Waals surface area contributed by atoms with Crippen LogP contribution in [0, 0.1) is 0 Å². The Balaban J connectivity index is 1.68. The van der Waals surface area contributed by atoms with Crippen molar-refractivity contribution in [1.29, 1.82) is 0 Å². The molecule has 1 saturated heterocycles. The van der Waals surface area contributed by atoms with Gasteiger partial charge in [0, 0.05) is 6.54 Å². The van der Waals surface area contributed by atoms with E-state index >= 15 is 0 Å². The molecule has 1 unspecified atom stereocenters. The minimum absolute atomic E-state index is 0.299. The largest absolute Gasteiger partial charge is 0.302 e. The van der Waals surface area contributed by atoms with Gasteiger partial charge in [-0.25, -0.2) is 8.42 Å². The van der Waals surface area contributed by atoms with Crippen LogP contribution in [-0.2, 0) is 21.2 Å². The summed E-state index contributed by atoms with van der Waals surface area (Å²) in [5.74, 6) is 0. The van der Waals surface area contributed by atoms with Crippen LogP contribution in [0.5, 0.6) is 0 Å². The van der Waals surface area contributed by atoms with Crippen molar-refractivity contribution in [2.45, 2.75) is 101 Å². The van der Waals surface area contributed by atoms with E-state index < -0.39 is 16.1 Å². The predicted molar refractivity (Wildman–Crippen MR) is 115 cm³/mol. The minimum atomic E-state index is -3.56. The summed E-state index contributed by atoms with van der Waals surface area (Å²) in [5, 5.41) is 0. The molecular formula is C23H37NO3S. The molecule has 1 aliphatic rings. The van der Waals surface area contributed by atoms with Crippen molar-refractivity contribution in [3.8, 4) is 0 Å². The van der Waals surface area contributed by atoms with E-state index in [1.807, 2.05) is 12.1 Å². The number of rotatable bonds is 14. The number of aryl methyl sites for hydroxylation is 1. The third kappa shape index (κ3) is 7.00. The minimum Gasteiger partial charge on any atom is -0.302 e. The van der Waals surface area contributed by atoms with Crippen LogP contribution in [0.4, 0.5) is 0 Å². The topological polar surface area (TPSA) is 54.5 Å². The van der Waals surface area contributed by atoms with E-state index in [2.05, 4.69) is 6.92 Å². The molecule has 1 heterocycles. The van der Waals surface area contributed by atoms with Crippen molar-refractivity contribution >= 4 is 16.3 Å². The second kappa shape index (κ2) is 12.4. The van der Waals surface area contributed by atoms with Crippen LogP contribution < -0.4 is 0 Å². The van der Waals surface area contributed by atoms with Crippen LogP contribution in [0.3, 0.4) is 0 Å². The highest BCUT2D eigenvalue weighted by Gasteiger charge is 2.34. The van der Waals surface area contributed by atoms with Crippen molar-refractivity contribution in [2.75, 3.05) is 6.54 Å². The van der Waals surface area contributed by atoms with Crippen molar-refractivity contribution < 1.29 is 13.2 Å². The fourth-order valence-corrected chi connectivity index (χ4v) is 5.61. The lowest BCUT2D eigenvalue weighted by molar-refractivity contribution is -0.110. The Kier molecular flexibility index (Phi) is 10.2. The summed E-state index contributed by atoms with van der Waals surface area (Å²) in [6.45, 7) is 2.69. The van der Waals surface area contributed by atoms with Crippen molar-refractivity contribution in [3.05, 3.63) is 29.8 Å². The Morgan fingerprint density at radius 1 is 0.929 bits per heavy atom. The Morgan fingerprint density at radius 2 is 1.50 bits per heavy atom.